The molecule has 2 aromatic rings. The SMILES string of the molecule is CC1c2nncn2CCN1C(=O)c1ccccn1. The molecule has 1 aliphatic rings. The number of amides is 1. The molecule has 2 aromatic heterocycles. The van der Waals surface area contributed by atoms with E-state index in [1.165, 1.54) is 0 Å². The maximum absolute atomic E-state index is 12.3. The first-order chi connectivity index (χ1) is 8.77. The second-order valence-corrected chi connectivity index (χ2v) is 4.27. The van der Waals surface area contributed by atoms with E-state index < -0.39 is 0 Å². The van der Waals surface area contributed by atoms with Gasteiger partial charge in [-0.05, 0) is 19.1 Å². The van der Waals surface area contributed by atoms with Crippen LogP contribution in [0.3, 0.4) is 0 Å². The summed E-state index contributed by atoms with van der Waals surface area (Å²) in [6.07, 6.45) is 3.33. The lowest BCUT2D eigenvalue weighted by atomic mass is 10.2. The second-order valence-electron chi connectivity index (χ2n) is 4.27. The summed E-state index contributed by atoms with van der Waals surface area (Å²) in [4.78, 5) is 18.2. The number of pyridine rings is 1. The van der Waals surface area contributed by atoms with Crippen molar-refractivity contribution < 1.29 is 4.79 Å². The molecule has 0 N–H and O–H groups in total. The van der Waals surface area contributed by atoms with Gasteiger partial charge in [-0.3, -0.25) is 9.78 Å². The number of aromatic nitrogens is 4. The van der Waals surface area contributed by atoms with Crippen LogP contribution < -0.4 is 0 Å². The maximum atomic E-state index is 12.3. The van der Waals surface area contributed by atoms with Gasteiger partial charge in [0.05, 0.1) is 6.04 Å². The van der Waals surface area contributed by atoms with Gasteiger partial charge in [-0.2, -0.15) is 0 Å². The molecule has 0 saturated heterocycles. The minimum Gasteiger partial charge on any atom is -0.326 e. The van der Waals surface area contributed by atoms with E-state index in [2.05, 4.69) is 15.2 Å². The van der Waals surface area contributed by atoms with E-state index in [9.17, 15) is 4.79 Å². The largest absolute Gasteiger partial charge is 0.326 e. The van der Waals surface area contributed by atoms with Crippen LogP contribution in [0.1, 0.15) is 29.3 Å². The van der Waals surface area contributed by atoms with Gasteiger partial charge in [-0.1, -0.05) is 6.07 Å². The quantitative estimate of drug-likeness (QED) is 0.746. The summed E-state index contributed by atoms with van der Waals surface area (Å²) in [5.41, 5.74) is 0.470. The number of carbonyl (C=O) groups excluding carboxylic acids is 1. The van der Waals surface area contributed by atoms with Crippen LogP contribution in [0.4, 0.5) is 0 Å². The number of hydrogen-bond donors (Lipinski definition) is 0. The van der Waals surface area contributed by atoms with Gasteiger partial charge in [0.25, 0.3) is 5.91 Å². The molecule has 6 nitrogen and oxygen atoms in total. The van der Waals surface area contributed by atoms with Gasteiger partial charge in [0.15, 0.2) is 5.82 Å². The third-order valence-electron chi connectivity index (χ3n) is 3.21. The lowest BCUT2D eigenvalue weighted by Gasteiger charge is -2.32. The number of rotatable bonds is 1. The minimum absolute atomic E-state index is 0.0580. The third-order valence-corrected chi connectivity index (χ3v) is 3.21. The molecule has 0 aromatic carbocycles. The van der Waals surface area contributed by atoms with Gasteiger partial charge in [0, 0.05) is 19.3 Å². The second kappa shape index (κ2) is 4.21. The Hall–Kier alpha value is -2.24. The van der Waals surface area contributed by atoms with E-state index >= 15 is 0 Å². The number of fused-ring (bicyclic) bond motifs is 1. The number of nitrogens with zero attached hydrogens (tertiary/aromatic N) is 5. The summed E-state index contributed by atoms with van der Waals surface area (Å²) in [6.45, 7) is 3.34. The van der Waals surface area contributed by atoms with Crippen LogP contribution in [-0.4, -0.2) is 37.1 Å². The predicted octanol–water partition coefficient (Wildman–Crippen LogP) is 0.890. The van der Waals surface area contributed by atoms with Gasteiger partial charge >= 0.3 is 0 Å². The Bertz CT molecular complexity index is 565. The third kappa shape index (κ3) is 1.66. The van der Waals surface area contributed by atoms with Gasteiger partial charge in [0.2, 0.25) is 0 Å². The minimum atomic E-state index is -0.0734. The van der Waals surface area contributed by atoms with Crippen molar-refractivity contribution >= 4 is 5.91 Å². The fourth-order valence-corrected chi connectivity index (χ4v) is 2.22. The molecule has 1 amide bonds. The molecule has 0 radical (unpaired) electrons. The van der Waals surface area contributed by atoms with Crippen LogP contribution in [0.2, 0.25) is 0 Å². The molecule has 6 heteroatoms. The molecule has 0 fully saturated rings. The number of carbonyl (C=O) groups is 1. The first-order valence-corrected chi connectivity index (χ1v) is 5.87. The Labute approximate surface area is 104 Å². The topological polar surface area (TPSA) is 63.9 Å². The molecule has 0 aliphatic carbocycles. The molecule has 3 rings (SSSR count). The van der Waals surface area contributed by atoms with Crippen molar-refractivity contribution in [1.29, 1.82) is 0 Å². The van der Waals surface area contributed by atoms with Crippen molar-refractivity contribution in [3.05, 3.63) is 42.2 Å². The summed E-state index contributed by atoms with van der Waals surface area (Å²) in [7, 11) is 0. The summed E-state index contributed by atoms with van der Waals surface area (Å²) in [6, 6.07) is 5.27. The molecule has 0 spiro atoms. The lowest BCUT2D eigenvalue weighted by molar-refractivity contribution is 0.0631. The van der Waals surface area contributed by atoms with E-state index in [1.807, 2.05) is 17.6 Å². The Balaban J connectivity index is 1.89. The monoisotopic (exact) mass is 243 g/mol. The van der Waals surface area contributed by atoms with Crippen LogP contribution in [0.5, 0.6) is 0 Å². The van der Waals surface area contributed by atoms with E-state index in [0.29, 0.717) is 12.2 Å². The molecule has 92 valence electrons. The van der Waals surface area contributed by atoms with Gasteiger partial charge < -0.3 is 9.47 Å². The van der Waals surface area contributed by atoms with Crippen molar-refractivity contribution in [3.8, 4) is 0 Å². The van der Waals surface area contributed by atoms with Crippen LogP contribution in [-0.2, 0) is 6.54 Å². The number of hydrogen-bond acceptors (Lipinski definition) is 4. The smallest absolute Gasteiger partial charge is 0.273 e. The average molecular weight is 243 g/mol. The molecule has 1 aliphatic heterocycles. The predicted molar refractivity (Wildman–Crippen MR) is 63.7 cm³/mol. The van der Waals surface area contributed by atoms with Crippen LogP contribution in [0.15, 0.2) is 30.7 Å². The normalized spacial score (nSPS) is 18.5. The summed E-state index contributed by atoms with van der Waals surface area (Å²) in [5, 5.41) is 7.94. The summed E-state index contributed by atoms with van der Waals surface area (Å²) in [5.74, 6) is 0.767. The Morgan fingerprint density at radius 3 is 3.06 bits per heavy atom. The van der Waals surface area contributed by atoms with E-state index in [1.54, 1.807) is 29.6 Å². The first-order valence-electron chi connectivity index (χ1n) is 5.87. The zero-order chi connectivity index (χ0) is 12.5. The highest BCUT2D eigenvalue weighted by molar-refractivity contribution is 5.92. The fraction of sp³-hybridized carbons (Fsp3) is 0.333. The van der Waals surface area contributed by atoms with Gasteiger partial charge in [0.1, 0.15) is 12.0 Å². The standard InChI is InChI=1S/C12H13N5O/c1-9-11-15-14-8-16(11)6-7-17(9)12(18)10-4-2-3-5-13-10/h2-5,8-9H,6-7H2,1H3. The lowest BCUT2D eigenvalue weighted by Crippen LogP contribution is -2.41. The first kappa shape index (κ1) is 10.9. The summed E-state index contributed by atoms with van der Waals surface area (Å²) < 4.78 is 1.98. The Kier molecular flexibility index (Phi) is 2.55. The van der Waals surface area contributed by atoms with Crippen molar-refractivity contribution in [2.24, 2.45) is 0 Å². The molecule has 18 heavy (non-hydrogen) atoms. The highest BCUT2D eigenvalue weighted by Gasteiger charge is 2.30. The van der Waals surface area contributed by atoms with Crippen molar-refractivity contribution in [2.45, 2.75) is 19.5 Å². The molecule has 0 bridgehead atoms. The molecule has 1 unspecified atom stereocenters. The zero-order valence-electron chi connectivity index (χ0n) is 10.0. The Morgan fingerprint density at radius 1 is 1.39 bits per heavy atom. The van der Waals surface area contributed by atoms with Crippen molar-refractivity contribution in [3.63, 3.8) is 0 Å². The van der Waals surface area contributed by atoms with Crippen molar-refractivity contribution in [1.82, 2.24) is 24.6 Å². The van der Waals surface area contributed by atoms with Crippen LogP contribution in [0.25, 0.3) is 0 Å². The zero-order valence-corrected chi connectivity index (χ0v) is 10.0. The summed E-state index contributed by atoms with van der Waals surface area (Å²) >= 11 is 0. The van der Waals surface area contributed by atoms with Crippen LogP contribution in [0, 0.1) is 0 Å². The molecule has 0 saturated carbocycles. The average Bonchev–Trinajstić information content (AvgIpc) is 2.89. The molecule has 3 heterocycles. The fourth-order valence-electron chi connectivity index (χ4n) is 2.22. The Morgan fingerprint density at radius 2 is 2.28 bits per heavy atom. The van der Waals surface area contributed by atoms with Gasteiger partial charge in [-0.15, -0.1) is 10.2 Å². The molecular formula is C12H13N5O. The van der Waals surface area contributed by atoms with E-state index in [0.717, 1.165) is 12.4 Å². The molecule has 1 atom stereocenters. The maximum Gasteiger partial charge on any atom is 0.273 e. The highest BCUT2D eigenvalue weighted by atomic mass is 16.2. The van der Waals surface area contributed by atoms with Crippen molar-refractivity contribution in [2.75, 3.05) is 6.54 Å². The van der Waals surface area contributed by atoms with E-state index in [-0.39, 0.29) is 11.9 Å². The van der Waals surface area contributed by atoms with Crippen LogP contribution >= 0.6 is 0 Å². The highest BCUT2D eigenvalue weighted by Crippen LogP contribution is 2.23. The molecular weight excluding hydrogens is 230 g/mol. The van der Waals surface area contributed by atoms with Gasteiger partial charge in [-0.25, -0.2) is 0 Å². The van der Waals surface area contributed by atoms with E-state index in [4.69, 9.17) is 0 Å².